The maximum atomic E-state index is 13.2. The predicted molar refractivity (Wildman–Crippen MR) is 83.9 cm³/mol. The molecule has 1 saturated carbocycles. The summed E-state index contributed by atoms with van der Waals surface area (Å²) in [5.41, 5.74) is 4.16. The second kappa shape index (κ2) is 5.57. The first-order chi connectivity index (χ1) is 10.1. The van der Waals surface area contributed by atoms with Crippen molar-refractivity contribution < 1.29 is 4.39 Å². The first-order valence-corrected chi connectivity index (χ1v) is 7.45. The summed E-state index contributed by atoms with van der Waals surface area (Å²) >= 11 is 3.34. The molecule has 0 radical (unpaired) electrons. The lowest BCUT2D eigenvalue weighted by Crippen LogP contribution is -2.14. The van der Waals surface area contributed by atoms with Crippen molar-refractivity contribution in [1.29, 1.82) is 0 Å². The third-order valence-electron chi connectivity index (χ3n) is 3.43. The Morgan fingerprint density at radius 1 is 1.29 bits per heavy atom. The summed E-state index contributed by atoms with van der Waals surface area (Å²) in [6, 6.07) is 4.46. The van der Waals surface area contributed by atoms with Crippen molar-refractivity contribution in [1.82, 2.24) is 9.97 Å². The van der Waals surface area contributed by atoms with Gasteiger partial charge in [0.25, 0.3) is 0 Å². The third kappa shape index (κ3) is 2.98. The van der Waals surface area contributed by atoms with E-state index in [0.717, 1.165) is 29.9 Å². The number of nitrogens with one attached hydrogen (secondary N) is 2. The molecule has 2 aromatic rings. The molecule has 21 heavy (non-hydrogen) atoms. The zero-order chi connectivity index (χ0) is 15.0. The molecule has 0 saturated heterocycles. The molecule has 1 aromatic heterocycles. The number of aromatic nitrogens is 2. The molecule has 1 heterocycles. The lowest BCUT2D eigenvalue weighted by Gasteiger charge is -2.14. The van der Waals surface area contributed by atoms with E-state index >= 15 is 0 Å². The predicted octanol–water partition coefficient (Wildman–Crippen LogP) is 3.59. The highest BCUT2D eigenvalue weighted by atomic mass is 79.9. The van der Waals surface area contributed by atoms with Gasteiger partial charge >= 0.3 is 0 Å². The number of halogens is 2. The molecule has 3 rings (SSSR count). The highest BCUT2D eigenvalue weighted by Crippen LogP contribution is 2.40. The van der Waals surface area contributed by atoms with E-state index < -0.39 is 0 Å². The molecule has 110 valence electrons. The standard InChI is InChI=1S/C14H15BrFN5/c1-7-12(18-11-5-4-9(16)6-10(11)15)19-14(8-2-3-8)20-13(7)21-17/h4-6,8H,2-3,17H2,1H3,(H2,18,19,20,21). The largest absolute Gasteiger partial charge is 0.339 e. The smallest absolute Gasteiger partial charge is 0.148 e. The average molecular weight is 352 g/mol. The van der Waals surface area contributed by atoms with Crippen molar-refractivity contribution in [2.75, 3.05) is 10.7 Å². The lowest BCUT2D eigenvalue weighted by molar-refractivity contribution is 0.627. The highest BCUT2D eigenvalue weighted by Gasteiger charge is 2.28. The van der Waals surface area contributed by atoms with Crippen molar-refractivity contribution in [3.8, 4) is 0 Å². The zero-order valence-electron chi connectivity index (χ0n) is 11.5. The number of benzene rings is 1. The third-order valence-corrected chi connectivity index (χ3v) is 4.08. The summed E-state index contributed by atoms with van der Waals surface area (Å²) in [5, 5.41) is 3.21. The van der Waals surface area contributed by atoms with Gasteiger partial charge in [0.15, 0.2) is 0 Å². The zero-order valence-corrected chi connectivity index (χ0v) is 13.0. The van der Waals surface area contributed by atoms with E-state index in [1.165, 1.54) is 12.1 Å². The minimum absolute atomic E-state index is 0.296. The lowest BCUT2D eigenvalue weighted by atomic mass is 10.2. The van der Waals surface area contributed by atoms with Crippen LogP contribution in [0.3, 0.4) is 0 Å². The van der Waals surface area contributed by atoms with Crippen molar-refractivity contribution >= 4 is 33.3 Å². The topological polar surface area (TPSA) is 75.9 Å². The van der Waals surface area contributed by atoms with Gasteiger partial charge in [-0.1, -0.05) is 0 Å². The van der Waals surface area contributed by atoms with Crippen LogP contribution in [0.2, 0.25) is 0 Å². The van der Waals surface area contributed by atoms with Crippen molar-refractivity contribution in [2.45, 2.75) is 25.7 Å². The number of hydrogen-bond donors (Lipinski definition) is 3. The second-order valence-corrected chi connectivity index (χ2v) is 5.93. The van der Waals surface area contributed by atoms with Crippen LogP contribution in [0.15, 0.2) is 22.7 Å². The van der Waals surface area contributed by atoms with Crippen LogP contribution in [0.1, 0.15) is 30.1 Å². The van der Waals surface area contributed by atoms with Crippen LogP contribution in [0.5, 0.6) is 0 Å². The molecule has 5 nitrogen and oxygen atoms in total. The van der Waals surface area contributed by atoms with E-state index in [4.69, 9.17) is 5.84 Å². The Balaban J connectivity index is 1.98. The van der Waals surface area contributed by atoms with E-state index in [1.807, 2.05) is 6.92 Å². The van der Waals surface area contributed by atoms with Crippen molar-refractivity contribution in [3.05, 3.63) is 39.9 Å². The van der Waals surface area contributed by atoms with E-state index in [9.17, 15) is 4.39 Å². The molecule has 7 heteroatoms. The van der Waals surface area contributed by atoms with Crippen molar-refractivity contribution in [3.63, 3.8) is 0 Å². The summed E-state index contributed by atoms with van der Waals surface area (Å²) in [4.78, 5) is 9.00. The Kier molecular flexibility index (Phi) is 3.77. The first kappa shape index (κ1) is 14.2. The summed E-state index contributed by atoms with van der Waals surface area (Å²) < 4.78 is 13.8. The average Bonchev–Trinajstić information content (AvgIpc) is 3.28. The molecular weight excluding hydrogens is 337 g/mol. The van der Waals surface area contributed by atoms with Gasteiger partial charge in [-0.2, -0.15) is 0 Å². The fraction of sp³-hybridized carbons (Fsp3) is 0.286. The molecule has 4 N–H and O–H groups in total. The maximum absolute atomic E-state index is 13.2. The summed E-state index contributed by atoms with van der Waals surface area (Å²) in [5.74, 6) is 7.70. The van der Waals surface area contributed by atoms with Gasteiger partial charge in [-0.3, -0.25) is 0 Å². The van der Waals surface area contributed by atoms with Crippen LogP contribution >= 0.6 is 15.9 Å². The molecule has 0 amide bonds. The number of nitrogens with two attached hydrogens (primary N) is 1. The van der Waals surface area contributed by atoms with Crippen LogP contribution < -0.4 is 16.6 Å². The Morgan fingerprint density at radius 3 is 2.62 bits per heavy atom. The van der Waals surface area contributed by atoms with Gasteiger partial charge in [-0.05, 0) is 53.9 Å². The summed E-state index contributed by atoms with van der Waals surface area (Å²) in [6.07, 6.45) is 2.21. The molecule has 0 atom stereocenters. The van der Waals surface area contributed by atoms with E-state index in [0.29, 0.717) is 22.0 Å². The minimum Gasteiger partial charge on any atom is -0.339 e. The van der Waals surface area contributed by atoms with Gasteiger partial charge in [0.2, 0.25) is 0 Å². The molecule has 0 spiro atoms. The fourth-order valence-corrected chi connectivity index (χ4v) is 2.49. The molecule has 1 aliphatic carbocycles. The molecule has 0 bridgehead atoms. The van der Waals surface area contributed by atoms with E-state index in [-0.39, 0.29) is 5.82 Å². The molecule has 0 aliphatic heterocycles. The molecule has 1 aliphatic rings. The molecule has 1 aromatic carbocycles. The van der Waals surface area contributed by atoms with Crippen LogP contribution in [0.25, 0.3) is 0 Å². The molecule has 0 unspecified atom stereocenters. The van der Waals surface area contributed by atoms with Crippen LogP contribution in [-0.2, 0) is 0 Å². The van der Waals surface area contributed by atoms with Crippen LogP contribution in [0.4, 0.5) is 21.7 Å². The Hall–Kier alpha value is -1.73. The molecular formula is C14H15BrFN5. The first-order valence-electron chi connectivity index (χ1n) is 6.65. The van der Waals surface area contributed by atoms with E-state index in [2.05, 4.69) is 36.6 Å². The van der Waals surface area contributed by atoms with Gasteiger partial charge in [0.1, 0.15) is 23.3 Å². The SMILES string of the molecule is Cc1c(NN)nc(C2CC2)nc1Nc1ccc(F)cc1Br. The Bertz CT molecular complexity index is 687. The quantitative estimate of drug-likeness (QED) is 0.579. The van der Waals surface area contributed by atoms with Crippen molar-refractivity contribution in [2.24, 2.45) is 5.84 Å². The second-order valence-electron chi connectivity index (χ2n) is 5.07. The number of hydrogen-bond acceptors (Lipinski definition) is 5. The van der Waals surface area contributed by atoms with Gasteiger partial charge < -0.3 is 10.7 Å². The van der Waals surface area contributed by atoms with Crippen LogP contribution in [-0.4, -0.2) is 9.97 Å². The van der Waals surface area contributed by atoms with Gasteiger partial charge in [0, 0.05) is 16.0 Å². The number of hydrazine groups is 1. The minimum atomic E-state index is -0.296. The van der Waals surface area contributed by atoms with Crippen LogP contribution in [0, 0.1) is 12.7 Å². The monoisotopic (exact) mass is 351 g/mol. The number of nitrogen functional groups attached to an aromatic ring is 1. The van der Waals surface area contributed by atoms with Gasteiger partial charge in [0.05, 0.1) is 5.69 Å². The summed E-state index contributed by atoms with van der Waals surface area (Å²) in [7, 11) is 0. The maximum Gasteiger partial charge on any atom is 0.148 e. The number of nitrogens with zero attached hydrogens (tertiary/aromatic N) is 2. The van der Waals surface area contributed by atoms with E-state index in [1.54, 1.807) is 6.07 Å². The Morgan fingerprint density at radius 2 is 2.00 bits per heavy atom. The van der Waals surface area contributed by atoms with Gasteiger partial charge in [-0.15, -0.1) is 0 Å². The molecule has 1 fully saturated rings. The normalized spacial score (nSPS) is 14.1. The number of anilines is 3. The Labute approximate surface area is 130 Å². The number of rotatable bonds is 4. The highest BCUT2D eigenvalue weighted by molar-refractivity contribution is 9.10. The van der Waals surface area contributed by atoms with Gasteiger partial charge in [-0.25, -0.2) is 20.2 Å². The fourth-order valence-electron chi connectivity index (χ4n) is 2.04. The summed E-state index contributed by atoms with van der Waals surface area (Å²) in [6.45, 7) is 1.88.